The highest BCUT2D eigenvalue weighted by molar-refractivity contribution is 5.92. The molecular formula is C23H17N3O3. The zero-order valence-electron chi connectivity index (χ0n) is 15.4. The van der Waals surface area contributed by atoms with Crippen molar-refractivity contribution in [1.29, 1.82) is 0 Å². The second-order valence-electron chi connectivity index (χ2n) is 7.12. The first kappa shape index (κ1) is 17.2. The number of amides is 1. The molecule has 0 fully saturated rings. The normalized spacial score (nSPS) is 11.9. The van der Waals surface area contributed by atoms with Crippen molar-refractivity contribution in [3.8, 4) is 11.1 Å². The number of H-pyrrole nitrogens is 1. The van der Waals surface area contributed by atoms with Gasteiger partial charge in [-0.2, -0.15) is 0 Å². The van der Waals surface area contributed by atoms with Gasteiger partial charge in [0, 0.05) is 5.69 Å². The first-order chi connectivity index (χ1) is 14.1. The number of aromatic nitrogens is 2. The van der Waals surface area contributed by atoms with E-state index in [4.69, 9.17) is 0 Å². The van der Waals surface area contributed by atoms with E-state index in [1.807, 2.05) is 30.3 Å². The Bertz CT molecular complexity index is 1400. The molecule has 6 heteroatoms. The zero-order chi connectivity index (χ0) is 20.0. The van der Waals surface area contributed by atoms with Gasteiger partial charge in [-0.15, -0.1) is 0 Å². The maximum absolute atomic E-state index is 12.6. The highest BCUT2D eigenvalue weighted by Crippen LogP contribution is 2.37. The summed E-state index contributed by atoms with van der Waals surface area (Å²) >= 11 is 0. The molecule has 0 aliphatic heterocycles. The van der Waals surface area contributed by atoms with Crippen LogP contribution in [0, 0.1) is 0 Å². The number of hydrogen-bond acceptors (Lipinski definition) is 3. The van der Waals surface area contributed by atoms with Crippen molar-refractivity contribution >= 4 is 22.5 Å². The van der Waals surface area contributed by atoms with Crippen LogP contribution < -0.4 is 16.6 Å². The Morgan fingerprint density at radius 2 is 1.69 bits per heavy atom. The van der Waals surface area contributed by atoms with Gasteiger partial charge < -0.3 is 10.3 Å². The minimum absolute atomic E-state index is 0.354. The lowest BCUT2D eigenvalue weighted by molar-refractivity contribution is -0.116. The Kier molecular flexibility index (Phi) is 3.91. The van der Waals surface area contributed by atoms with Crippen molar-refractivity contribution in [3.05, 3.63) is 98.7 Å². The predicted molar refractivity (Wildman–Crippen MR) is 112 cm³/mol. The molecule has 1 aliphatic rings. The summed E-state index contributed by atoms with van der Waals surface area (Å²) in [7, 11) is 0. The average molecular weight is 383 g/mol. The molecule has 29 heavy (non-hydrogen) atoms. The lowest BCUT2D eigenvalue weighted by Crippen LogP contribution is -2.38. The third kappa shape index (κ3) is 2.95. The molecule has 0 unspecified atom stereocenters. The molecule has 1 aliphatic carbocycles. The SMILES string of the molecule is O=C(Cn1c(=O)[nH]c2ccccc2c1=O)Nc1ccc2c(c1)-c1ccccc1C2. The minimum atomic E-state index is -0.605. The molecule has 1 amide bonds. The van der Waals surface area contributed by atoms with Gasteiger partial charge in [-0.1, -0.05) is 42.5 Å². The summed E-state index contributed by atoms with van der Waals surface area (Å²) in [5.74, 6) is -0.431. The molecule has 0 spiro atoms. The maximum atomic E-state index is 12.6. The number of anilines is 1. The van der Waals surface area contributed by atoms with Gasteiger partial charge in [0.15, 0.2) is 0 Å². The van der Waals surface area contributed by atoms with Crippen LogP contribution in [0.15, 0.2) is 76.3 Å². The van der Waals surface area contributed by atoms with E-state index in [2.05, 4.69) is 22.4 Å². The van der Waals surface area contributed by atoms with Gasteiger partial charge in [0.25, 0.3) is 5.56 Å². The van der Waals surface area contributed by atoms with E-state index in [0.29, 0.717) is 16.6 Å². The van der Waals surface area contributed by atoms with E-state index >= 15 is 0 Å². The number of nitrogens with zero attached hydrogens (tertiary/aromatic N) is 1. The van der Waals surface area contributed by atoms with E-state index in [9.17, 15) is 14.4 Å². The van der Waals surface area contributed by atoms with Crippen LogP contribution >= 0.6 is 0 Å². The number of fused-ring (bicyclic) bond motifs is 4. The molecule has 4 aromatic rings. The molecule has 0 bridgehead atoms. The molecule has 3 aromatic carbocycles. The Hall–Kier alpha value is -3.93. The lowest BCUT2D eigenvalue weighted by Gasteiger charge is -2.09. The first-order valence-electron chi connectivity index (χ1n) is 9.33. The number of nitrogens with one attached hydrogen (secondary N) is 2. The van der Waals surface area contributed by atoms with Crippen LogP contribution in [-0.4, -0.2) is 15.5 Å². The number of hydrogen-bond donors (Lipinski definition) is 2. The molecule has 142 valence electrons. The summed E-state index contributed by atoms with van der Waals surface area (Å²) in [4.78, 5) is 40.0. The Labute approximate surface area is 165 Å². The van der Waals surface area contributed by atoms with Crippen LogP contribution in [-0.2, 0) is 17.8 Å². The van der Waals surface area contributed by atoms with Crippen molar-refractivity contribution < 1.29 is 4.79 Å². The van der Waals surface area contributed by atoms with Crippen molar-refractivity contribution in [3.63, 3.8) is 0 Å². The predicted octanol–water partition coefficient (Wildman–Crippen LogP) is 2.90. The fraction of sp³-hybridized carbons (Fsp3) is 0.0870. The third-order valence-corrected chi connectivity index (χ3v) is 5.27. The number of para-hydroxylation sites is 1. The zero-order valence-corrected chi connectivity index (χ0v) is 15.4. The van der Waals surface area contributed by atoms with E-state index in [0.717, 1.165) is 16.6 Å². The van der Waals surface area contributed by atoms with E-state index in [-0.39, 0.29) is 6.54 Å². The van der Waals surface area contributed by atoms with E-state index in [1.54, 1.807) is 24.3 Å². The minimum Gasteiger partial charge on any atom is -0.325 e. The molecule has 0 radical (unpaired) electrons. The van der Waals surface area contributed by atoms with Crippen LogP contribution in [0.5, 0.6) is 0 Å². The van der Waals surface area contributed by atoms with Gasteiger partial charge in [-0.3, -0.25) is 14.2 Å². The van der Waals surface area contributed by atoms with Gasteiger partial charge in [0.1, 0.15) is 6.54 Å². The highest BCUT2D eigenvalue weighted by Gasteiger charge is 2.18. The maximum Gasteiger partial charge on any atom is 0.329 e. The first-order valence-corrected chi connectivity index (χ1v) is 9.33. The van der Waals surface area contributed by atoms with E-state index in [1.165, 1.54) is 16.7 Å². The summed E-state index contributed by atoms with van der Waals surface area (Å²) in [6.07, 6.45) is 0.877. The fourth-order valence-electron chi connectivity index (χ4n) is 3.89. The number of carbonyl (C=O) groups excluding carboxylic acids is 1. The summed E-state index contributed by atoms with van der Waals surface area (Å²) < 4.78 is 0.917. The van der Waals surface area contributed by atoms with Gasteiger partial charge in [0.2, 0.25) is 5.91 Å². The summed E-state index contributed by atoms with van der Waals surface area (Å²) in [5, 5.41) is 3.17. The van der Waals surface area contributed by atoms with Gasteiger partial charge >= 0.3 is 5.69 Å². The monoisotopic (exact) mass is 383 g/mol. The molecule has 1 heterocycles. The molecule has 2 N–H and O–H groups in total. The molecule has 5 rings (SSSR count). The summed E-state index contributed by atoms with van der Waals surface area (Å²) in [5.41, 5.74) is 4.74. The molecule has 0 saturated carbocycles. The number of rotatable bonds is 3. The number of benzene rings is 3. The largest absolute Gasteiger partial charge is 0.329 e. The van der Waals surface area contributed by atoms with Gasteiger partial charge in [-0.25, -0.2) is 4.79 Å². The van der Waals surface area contributed by atoms with Crippen molar-refractivity contribution in [1.82, 2.24) is 9.55 Å². The molecule has 0 atom stereocenters. The highest BCUT2D eigenvalue weighted by atomic mass is 16.2. The molecule has 0 saturated heterocycles. The van der Waals surface area contributed by atoms with Crippen molar-refractivity contribution in [2.45, 2.75) is 13.0 Å². The quantitative estimate of drug-likeness (QED) is 0.502. The number of aromatic amines is 1. The third-order valence-electron chi connectivity index (χ3n) is 5.27. The van der Waals surface area contributed by atoms with E-state index < -0.39 is 17.2 Å². The molecule has 6 nitrogen and oxygen atoms in total. The van der Waals surface area contributed by atoms with Crippen molar-refractivity contribution in [2.75, 3.05) is 5.32 Å². The Balaban J connectivity index is 1.42. The second kappa shape index (κ2) is 6.60. The van der Waals surface area contributed by atoms with Gasteiger partial charge in [0.05, 0.1) is 10.9 Å². The van der Waals surface area contributed by atoms with Crippen LogP contribution in [0.1, 0.15) is 11.1 Å². The van der Waals surface area contributed by atoms with Crippen LogP contribution in [0.2, 0.25) is 0 Å². The summed E-state index contributed by atoms with van der Waals surface area (Å²) in [6, 6.07) is 20.7. The topological polar surface area (TPSA) is 84.0 Å². The van der Waals surface area contributed by atoms with Crippen LogP contribution in [0.25, 0.3) is 22.0 Å². The van der Waals surface area contributed by atoms with Crippen LogP contribution in [0.4, 0.5) is 5.69 Å². The Morgan fingerprint density at radius 3 is 2.59 bits per heavy atom. The lowest BCUT2D eigenvalue weighted by atomic mass is 10.1. The smallest absolute Gasteiger partial charge is 0.325 e. The second-order valence-corrected chi connectivity index (χ2v) is 7.12. The van der Waals surface area contributed by atoms with Crippen LogP contribution in [0.3, 0.4) is 0 Å². The average Bonchev–Trinajstić information content (AvgIpc) is 3.09. The standard InChI is InChI=1S/C23H17N3O3/c27-21(13-26-22(28)18-7-3-4-8-20(18)25-23(26)29)24-16-10-9-15-11-14-5-1-2-6-17(14)19(15)12-16/h1-10,12H,11,13H2,(H,24,27)(H,25,29). The number of carbonyl (C=O) groups is 1. The summed E-state index contributed by atoms with van der Waals surface area (Å²) in [6.45, 7) is -0.354. The molecule has 1 aromatic heterocycles. The van der Waals surface area contributed by atoms with Gasteiger partial charge in [-0.05, 0) is 52.9 Å². The fourth-order valence-corrected chi connectivity index (χ4v) is 3.89. The van der Waals surface area contributed by atoms with Crippen molar-refractivity contribution in [2.24, 2.45) is 0 Å². The molecular weight excluding hydrogens is 366 g/mol. The Morgan fingerprint density at radius 1 is 0.931 bits per heavy atom.